The molecule has 0 amide bonds. The minimum absolute atomic E-state index is 0.733. The Balaban J connectivity index is 1.92. The molecular formula is C12H19NS. The van der Waals surface area contributed by atoms with Crippen molar-refractivity contribution < 1.29 is 0 Å². The van der Waals surface area contributed by atoms with E-state index in [-0.39, 0.29) is 0 Å². The van der Waals surface area contributed by atoms with Crippen LogP contribution in [0.5, 0.6) is 0 Å². The summed E-state index contributed by atoms with van der Waals surface area (Å²) in [7, 11) is 0. The second kappa shape index (κ2) is 4.94. The van der Waals surface area contributed by atoms with Crippen LogP contribution in [0.15, 0.2) is 17.5 Å². The fraction of sp³-hybridized carbons (Fsp3) is 0.667. The number of hydrogen-bond donors (Lipinski definition) is 1. The lowest BCUT2D eigenvalue weighted by atomic mass is 9.88. The topological polar surface area (TPSA) is 26.0 Å². The Kier molecular flexibility index (Phi) is 3.60. The third-order valence-electron chi connectivity index (χ3n) is 3.41. The zero-order chi connectivity index (χ0) is 9.80. The first-order chi connectivity index (χ1) is 6.90. The molecule has 14 heavy (non-hydrogen) atoms. The van der Waals surface area contributed by atoms with Crippen molar-refractivity contribution in [1.29, 1.82) is 0 Å². The van der Waals surface area contributed by atoms with Crippen molar-refractivity contribution in [3.05, 3.63) is 22.4 Å². The van der Waals surface area contributed by atoms with Crippen LogP contribution < -0.4 is 5.73 Å². The second-order valence-corrected chi connectivity index (χ2v) is 5.36. The van der Waals surface area contributed by atoms with Gasteiger partial charge in [-0.1, -0.05) is 31.7 Å². The van der Waals surface area contributed by atoms with E-state index in [1.54, 1.807) is 0 Å². The molecule has 2 N–H and O–H groups in total. The molecule has 78 valence electrons. The van der Waals surface area contributed by atoms with Gasteiger partial charge in [-0.25, -0.2) is 0 Å². The van der Waals surface area contributed by atoms with Crippen molar-refractivity contribution in [3.8, 4) is 0 Å². The highest BCUT2D eigenvalue weighted by Crippen LogP contribution is 2.33. The van der Waals surface area contributed by atoms with Crippen LogP contribution in [0.4, 0.5) is 0 Å². The predicted octanol–water partition coefficient (Wildman–Crippen LogP) is 3.06. The Bertz CT molecular complexity index is 249. The summed E-state index contributed by atoms with van der Waals surface area (Å²) in [5, 5.41) is 2.16. The van der Waals surface area contributed by atoms with Gasteiger partial charge in [0.15, 0.2) is 0 Å². The van der Waals surface area contributed by atoms with Crippen LogP contribution in [-0.2, 0) is 6.42 Å². The third kappa shape index (κ3) is 2.37. The molecule has 1 aliphatic rings. The van der Waals surface area contributed by atoms with Crippen molar-refractivity contribution in [1.82, 2.24) is 0 Å². The van der Waals surface area contributed by atoms with Crippen LogP contribution in [0.1, 0.15) is 30.6 Å². The van der Waals surface area contributed by atoms with E-state index in [4.69, 9.17) is 5.73 Å². The van der Waals surface area contributed by atoms with E-state index in [1.165, 1.54) is 37.0 Å². The maximum atomic E-state index is 5.87. The highest BCUT2D eigenvalue weighted by molar-refractivity contribution is 7.09. The Morgan fingerprint density at radius 1 is 1.43 bits per heavy atom. The average Bonchev–Trinajstić information content (AvgIpc) is 2.86. The van der Waals surface area contributed by atoms with Crippen molar-refractivity contribution in [2.75, 3.05) is 6.54 Å². The molecule has 1 heterocycles. The first-order valence-electron chi connectivity index (χ1n) is 5.62. The SMILES string of the molecule is NCC(Cc1cccs1)C1CCCC1. The van der Waals surface area contributed by atoms with Gasteiger partial charge < -0.3 is 5.73 Å². The minimum atomic E-state index is 0.733. The molecule has 2 rings (SSSR count). The Morgan fingerprint density at radius 2 is 2.21 bits per heavy atom. The molecule has 1 aromatic rings. The summed E-state index contributed by atoms with van der Waals surface area (Å²) in [4.78, 5) is 1.51. The molecule has 0 aromatic carbocycles. The Morgan fingerprint density at radius 3 is 2.79 bits per heavy atom. The van der Waals surface area contributed by atoms with Gasteiger partial charge in [0, 0.05) is 4.88 Å². The summed E-state index contributed by atoms with van der Waals surface area (Å²) in [6.45, 7) is 0.864. The fourth-order valence-electron chi connectivity index (χ4n) is 2.56. The number of hydrogen-bond acceptors (Lipinski definition) is 2. The molecule has 0 radical (unpaired) electrons. The predicted molar refractivity (Wildman–Crippen MR) is 62.5 cm³/mol. The smallest absolute Gasteiger partial charge is 0.00485 e. The van der Waals surface area contributed by atoms with E-state index in [2.05, 4.69) is 17.5 Å². The molecule has 1 nitrogen and oxygen atoms in total. The van der Waals surface area contributed by atoms with E-state index in [1.807, 2.05) is 11.3 Å². The summed E-state index contributed by atoms with van der Waals surface area (Å²) in [6.07, 6.45) is 6.87. The van der Waals surface area contributed by atoms with Gasteiger partial charge in [0.25, 0.3) is 0 Å². The fourth-order valence-corrected chi connectivity index (χ4v) is 3.36. The highest BCUT2D eigenvalue weighted by Gasteiger charge is 2.24. The first kappa shape index (κ1) is 10.2. The van der Waals surface area contributed by atoms with Gasteiger partial charge in [-0.2, -0.15) is 0 Å². The van der Waals surface area contributed by atoms with Gasteiger partial charge in [0.05, 0.1) is 0 Å². The second-order valence-electron chi connectivity index (χ2n) is 4.32. The molecular weight excluding hydrogens is 190 g/mol. The van der Waals surface area contributed by atoms with E-state index in [0.717, 1.165) is 18.4 Å². The molecule has 0 aliphatic heterocycles. The zero-order valence-electron chi connectivity index (χ0n) is 8.61. The summed E-state index contributed by atoms with van der Waals surface area (Å²) < 4.78 is 0. The molecule has 0 saturated heterocycles. The number of thiophene rings is 1. The summed E-state index contributed by atoms with van der Waals surface area (Å²) in [5.74, 6) is 1.64. The maximum Gasteiger partial charge on any atom is 0.00485 e. The summed E-state index contributed by atoms with van der Waals surface area (Å²) in [5.41, 5.74) is 5.87. The molecule has 1 saturated carbocycles. The highest BCUT2D eigenvalue weighted by atomic mass is 32.1. The van der Waals surface area contributed by atoms with Gasteiger partial charge in [-0.05, 0) is 36.2 Å². The van der Waals surface area contributed by atoms with Crippen molar-refractivity contribution >= 4 is 11.3 Å². The third-order valence-corrected chi connectivity index (χ3v) is 4.31. The van der Waals surface area contributed by atoms with Gasteiger partial charge in [0.1, 0.15) is 0 Å². The van der Waals surface area contributed by atoms with Crippen molar-refractivity contribution in [2.24, 2.45) is 17.6 Å². The molecule has 1 aromatic heterocycles. The lowest BCUT2D eigenvalue weighted by molar-refractivity contribution is 0.346. The van der Waals surface area contributed by atoms with E-state index >= 15 is 0 Å². The molecule has 1 unspecified atom stereocenters. The van der Waals surface area contributed by atoms with Crippen LogP contribution in [0.2, 0.25) is 0 Å². The Hall–Kier alpha value is -0.340. The maximum absolute atomic E-state index is 5.87. The van der Waals surface area contributed by atoms with Gasteiger partial charge in [-0.3, -0.25) is 0 Å². The lowest BCUT2D eigenvalue weighted by Gasteiger charge is -2.20. The minimum Gasteiger partial charge on any atom is -0.330 e. The quantitative estimate of drug-likeness (QED) is 0.810. The van der Waals surface area contributed by atoms with Crippen molar-refractivity contribution in [2.45, 2.75) is 32.1 Å². The molecule has 1 aliphatic carbocycles. The van der Waals surface area contributed by atoms with Gasteiger partial charge >= 0.3 is 0 Å². The van der Waals surface area contributed by atoms with Crippen LogP contribution >= 0.6 is 11.3 Å². The first-order valence-corrected chi connectivity index (χ1v) is 6.50. The van der Waals surface area contributed by atoms with Crippen LogP contribution in [0.25, 0.3) is 0 Å². The van der Waals surface area contributed by atoms with E-state index in [9.17, 15) is 0 Å². The van der Waals surface area contributed by atoms with Crippen LogP contribution in [0.3, 0.4) is 0 Å². The van der Waals surface area contributed by atoms with E-state index < -0.39 is 0 Å². The monoisotopic (exact) mass is 209 g/mol. The normalized spacial score (nSPS) is 20.1. The molecule has 1 atom stereocenters. The van der Waals surface area contributed by atoms with Crippen LogP contribution in [0, 0.1) is 11.8 Å². The average molecular weight is 209 g/mol. The largest absolute Gasteiger partial charge is 0.330 e. The zero-order valence-corrected chi connectivity index (χ0v) is 9.43. The van der Waals surface area contributed by atoms with E-state index in [0.29, 0.717) is 0 Å². The van der Waals surface area contributed by atoms with Crippen LogP contribution in [-0.4, -0.2) is 6.54 Å². The molecule has 0 bridgehead atoms. The van der Waals surface area contributed by atoms with Gasteiger partial charge in [-0.15, -0.1) is 11.3 Å². The van der Waals surface area contributed by atoms with Crippen molar-refractivity contribution in [3.63, 3.8) is 0 Å². The number of nitrogens with two attached hydrogens (primary N) is 1. The Labute approximate surface area is 90.3 Å². The lowest BCUT2D eigenvalue weighted by Crippen LogP contribution is -2.23. The van der Waals surface area contributed by atoms with Gasteiger partial charge in [0.2, 0.25) is 0 Å². The number of rotatable bonds is 4. The summed E-state index contributed by atoms with van der Waals surface area (Å²) in [6, 6.07) is 4.38. The summed E-state index contributed by atoms with van der Waals surface area (Å²) >= 11 is 1.87. The standard InChI is InChI=1S/C12H19NS/c13-9-11(10-4-1-2-5-10)8-12-6-3-7-14-12/h3,6-7,10-11H,1-2,4-5,8-9,13H2. The molecule has 0 spiro atoms. The molecule has 2 heteroatoms. The molecule has 1 fully saturated rings.